The maximum absolute atomic E-state index is 12.0. The van der Waals surface area contributed by atoms with Crippen LogP contribution in [0.25, 0.3) is 0 Å². The molecule has 0 saturated heterocycles. The smallest absolute Gasteiger partial charge is 0.308 e. The number of ether oxygens (including phenoxy) is 1. The maximum Gasteiger partial charge on any atom is 0.308 e. The summed E-state index contributed by atoms with van der Waals surface area (Å²) in [4.78, 5) is 23.9. The zero-order chi connectivity index (χ0) is 16.5. The van der Waals surface area contributed by atoms with E-state index in [4.69, 9.17) is 4.74 Å². The van der Waals surface area contributed by atoms with Crippen molar-refractivity contribution in [2.24, 2.45) is 0 Å². The van der Waals surface area contributed by atoms with Gasteiger partial charge in [-0.25, -0.2) is 0 Å². The quantitative estimate of drug-likeness (QED) is 0.745. The van der Waals surface area contributed by atoms with E-state index in [9.17, 15) is 9.59 Å². The molecule has 0 spiro atoms. The van der Waals surface area contributed by atoms with Crippen LogP contribution in [-0.4, -0.2) is 18.0 Å². The summed E-state index contributed by atoms with van der Waals surface area (Å²) in [6, 6.07) is 7.52. The maximum atomic E-state index is 12.0. The Morgan fingerprint density at radius 2 is 1.82 bits per heavy atom. The van der Waals surface area contributed by atoms with Gasteiger partial charge in [0.25, 0.3) is 0 Å². The normalized spacial score (nSPS) is 12.0. The summed E-state index contributed by atoms with van der Waals surface area (Å²) < 4.78 is 5.20. The number of nitrogens with one attached hydrogen (secondary N) is 1. The fourth-order valence-corrected chi connectivity index (χ4v) is 2.13. The van der Waals surface area contributed by atoms with Crippen LogP contribution < -0.4 is 5.32 Å². The molecule has 4 heteroatoms. The van der Waals surface area contributed by atoms with Gasteiger partial charge in [-0.1, -0.05) is 43.2 Å². The van der Waals surface area contributed by atoms with Gasteiger partial charge < -0.3 is 10.1 Å². The Morgan fingerprint density at radius 3 is 2.36 bits per heavy atom. The number of hydrogen-bond acceptors (Lipinski definition) is 3. The van der Waals surface area contributed by atoms with Gasteiger partial charge in [-0.3, -0.25) is 9.59 Å². The van der Waals surface area contributed by atoms with E-state index in [1.165, 1.54) is 0 Å². The Kier molecular flexibility index (Phi) is 7.64. The molecule has 0 saturated carbocycles. The van der Waals surface area contributed by atoms with Crippen LogP contribution in [0.4, 0.5) is 0 Å². The molecular formula is C18H27NO3. The third kappa shape index (κ3) is 6.74. The molecule has 1 unspecified atom stereocenters. The van der Waals surface area contributed by atoms with Crippen molar-refractivity contribution in [2.45, 2.75) is 65.5 Å². The van der Waals surface area contributed by atoms with Crippen molar-refractivity contribution in [1.29, 1.82) is 0 Å². The SMILES string of the molecule is CCCCC(=O)NC(CC(=O)OC(C)C)c1ccc(C)cc1. The van der Waals surface area contributed by atoms with Gasteiger partial charge in [-0.15, -0.1) is 0 Å². The summed E-state index contributed by atoms with van der Waals surface area (Å²) in [7, 11) is 0. The minimum atomic E-state index is -0.337. The lowest BCUT2D eigenvalue weighted by Crippen LogP contribution is -2.30. The van der Waals surface area contributed by atoms with Crippen LogP contribution >= 0.6 is 0 Å². The topological polar surface area (TPSA) is 55.4 Å². The van der Waals surface area contributed by atoms with E-state index >= 15 is 0 Å². The molecular weight excluding hydrogens is 278 g/mol. The molecule has 4 nitrogen and oxygen atoms in total. The highest BCUT2D eigenvalue weighted by atomic mass is 16.5. The van der Waals surface area contributed by atoms with Crippen molar-refractivity contribution in [2.75, 3.05) is 0 Å². The number of rotatable bonds is 8. The van der Waals surface area contributed by atoms with E-state index in [2.05, 4.69) is 5.32 Å². The zero-order valence-corrected chi connectivity index (χ0v) is 14.0. The van der Waals surface area contributed by atoms with E-state index in [-0.39, 0.29) is 30.4 Å². The number of carbonyl (C=O) groups is 2. The largest absolute Gasteiger partial charge is 0.463 e. The summed E-state index contributed by atoms with van der Waals surface area (Å²) in [6.45, 7) is 7.69. The van der Waals surface area contributed by atoms with Crippen molar-refractivity contribution in [3.63, 3.8) is 0 Å². The fraction of sp³-hybridized carbons (Fsp3) is 0.556. The number of hydrogen-bond donors (Lipinski definition) is 1. The number of unbranched alkanes of at least 4 members (excludes halogenated alkanes) is 1. The van der Waals surface area contributed by atoms with Crippen molar-refractivity contribution < 1.29 is 14.3 Å². The molecule has 1 aromatic carbocycles. The van der Waals surface area contributed by atoms with Crippen LogP contribution in [-0.2, 0) is 14.3 Å². The minimum absolute atomic E-state index is 0.0234. The van der Waals surface area contributed by atoms with E-state index in [1.807, 2.05) is 52.0 Å². The fourth-order valence-electron chi connectivity index (χ4n) is 2.13. The number of aryl methyl sites for hydroxylation is 1. The van der Waals surface area contributed by atoms with Gasteiger partial charge in [0.05, 0.1) is 18.6 Å². The lowest BCUT2D eigenvalue weighted by molar-refractivity contribution is -0.148. The minimum Gasteiger partial charge on any atom is -0.463 e. The summed E-state index contributed by atoms with van der Waals surface area (Å²) in [5.74, 6) is -0.318. The highest BCUT2D eigenvalue weighted by Crippen LogP contribution is 2.19. The third-order valence-electron chi connectivity index (χ3n) is 3.31. The van der Waals surface area contributed by atoms with Crippen LogP contribution in [0.2, 0.25) is 0 Å². The molecule has 22 heavy (non-hydrogen) atoms. The highest BCUT2D eigenvalue weighted by molar-refractivity contribution is 5.78. The molecule has 0 aromatic heterocycles. The first-order chi connectivity index (χ1) is 10.4. The van der Waals surface area contributed by atoms with Gasteiger partial charge in [0.1, 0.15) is 0 Å². The molecule has 0 aliphatic carbocycles. The van der Waals surface area contributed by atoms with Crippen LogP contribution in [0.5, 0.6) is 0 Å². The molecule has 1 amide bonds. The summed E-state index contributed by atoms with van der Waals surface area (Å²) in [6.07, 6.45) is 2.31. The summed E-state index contributed by atoms with van der Waals surface area (Å²) in [5, 5.41) is 2.95. The summed E-state index contributed by atoms with van der Waals surface area (Å²) >= 11 is 0. The number of esters is 1. The lowest BCUT2D eigenvalue weighted by Gasteiger charge is -2.19. The second kappa shape index (κ2) is 9.23. The average Bonchev–Trinajstić information content (AvgIpc) is 2.44. The lowest BCUT2D eigenvalue weighted by atomic mass is 10.0. The van der Waals surface area contributed by atoms with Crippen LogP contribution in [0.15, 0.2) is 24.3 Å². The molecule has 0 radical (unpaired) electrons. The van der Waals surface area contributed by atoms with Gasteiger partial charge in [-0.2, -0.15) is 0 Å². The molecule has 0 aliphatic rings. The molecule has 1 aromatic rings. The predicted molar refractivity (Wildman–Crippen MR) is 87.4 cm³/mol. The van der Waals surface area contributed by atoms with Crippen LogP contribution in [0, 0.1) is 6.92 Å². The molecule has 1 N–H and O–H groups in total. The first kappa shape index (κ1) is 18.2. The number of carbonyl (C=O) groups excluding carboxylic acids is 2. The average molecular weight is 305 g/mol. The molecule has 0 aliphatic heterocycles. The van der Waals surface area contributed by atoms with Crippen LogP contribution in [0.3, 0.4) is 0 Å². The van der Waals surface area contributed by atoms with Crippen molar-refractivity contribution >= 4 is 11.9 Å². The first-order valence-corrected chi connectivity index (χ1v) is 7.97. The number of amides is 1. The molecule has 1 rings (SSSR count). The van der Waals surface area contributed by atoms with E-state index < -0.39 is 0 Å². The monoisotopic (exact) mass is 305 g/mol. The predicted octanol–water partition coefficient (Wildman–Crippen LogP) is 3.68. The molecule has 122 valence electrons. The van der Waals surface area contributed by atoms with Gasteiger partial charge in [0.2, 0.25) is 5.91 Å². The van der Waals surface area contributed by atoms with E-state index in [0.717, 1.165) is 24.0 Å². The van der Waals surface area contributed by atoms with Gasteiger partial charge in [0.15, 0.2) is 0 Å². The van der Waals surface area contributed by atoms with Crippen molar-refractivity contribution in [1.82, 2.24) is 5.32 Å². The van der Waals surface area contributed by atoms with Crippen LogP contribution in [0.1, 0.15) is 63.6 Å². The van der Waals surface area contributed by atoms with Gasteiger partial charge >= 0.3 is 5.97 Å². The van der Waals surface area contributed by atoms with E-state index in [0.29, 0.717) is 6.42 Å². The molecule has 0 fully saturated rings. The van der Waals surface area contributed by atoms with Crippen molar-refractivity contribution in [3.05, 3.63) is 35.4 Å². The second-order valence-corrected chi connectivity index (χ2v) is 5.88. The highest BCUT2D eigenvalue weighted by Gasteiger charge is 2.19. The zero-order valence-electron chi connectivity index (χ0n) is 14.0. The van der Waals surface area contributed by atoms with Gasteiger partial charge in [-0.05, 0) is 32.8 Å². The molecule has 1 atom stereocenters. The Bertz CT molecular complexity index is 480. The Labute approximate surface area is 133 Å². The standard InChI is InChI=1S/C18H27NO3/c1-5-6-7-17(20)19-16(12-18(21)22-13(2)3)15-10-8-14(4)9-11-15/h8-11,13,16H,5-7,12H2,1-4H3,(H,19,20). The second-order valence-electron chi connectivity index (χ2n) is 5.88. The number of benzene rings is 1. The molecule has 0 bridgehead atoms. The Balaban J connectivity index is 2.78. The van der Waals surface area contributed by atoms with E-state index in [1.54, 1.807) is 0 Å². The summed E-state index contributed by atoms with van der Waals surface area (Å²) in [5.41, 5.74) is 2.07. The van der Waals surface area contributed by atoms with Crippen molar-refractivity contribution in [3.8, 4) is 0 Å². The molecule has 0 heterocycles. The van der Waals surface area contributed by atoms with Gasteiger partial charge in [0, 0.05) is 6.42 Å². The first-order valence-electron chi connectivity index (χ1n) is 7.97. The Hall–Kier alpha value is -1.84. The third-order valence-corrected chi connectivity index (χ3v) is 3.31. The Morgan fingerprint density at radius 1 is 1.18 bits per heavy atom.